The molecule has 1 aliphatic rings. The smallest absolute Gasteiger partial charge is 0.337 e. The fraction of sp³-hybridized carbons (Fsp3) is 0.263. The molecule has 1 aliphatic heterocycles. The van der Waals surface area contributed by atoms with Gasteiger partial charge in [0, 0.05) is 17.3 Å². The summed E-state index contributed by atoms with van der Waals surface area (Å²) in [4.78, 5) is 26.1. The lowest BCUT2D eigenvalue weighted by Crippen LogP contribution is -2.39. The van der Waals surface area contributed by atoms with Crippen molar-refractivity contribution < 1.29 is 19.1 Å². The lowest BCUT2D eigenvalue weighted by atomic mass is 10.1. The van der Waals surface area contributed by atoms with Gasteiger partial charge in [0.1, 0.15) is 5.75 Å². The van der Waals surface area contributed by atoms with Crippen molar-refractivity contribution in [2.75, 3.05) is 18.6 Å². The minimum Gasteiger partial charge on any atom is -0.481 e. The Bertz CT molecular complexity index is 804. The van der Waals surface area contributed by atoms with Crippen LogP contribution in [0.1, 0.15) is 22.8 Å². The van der Waals surface area contributed by atoms with Crippen LogP contribution in [0.5, 0.6) is 5.75 Å². The van der Waals surface area contributed by atoms with Gasteiger partial charge in [-0.1, -0.05) is 11.6 Å². The molecule has 0 aliphatic carbocycles. The highest BCUT2D eigenvalue weighted by Gasteiger charge is 2.29. The summed E-state index contributed by atoms with van der Waals surface area (Å²) >= 11 is 5.85. The minimum absolute atomic E-state index is 0.125. The van der Waals surface area contributed by atoms with Crippen LogP contribution in [0.2, 0.25) is 5.02 Å². The number of hydrogen-bond donors (Lipinski definition) is 0. The predicted molar refractivity (Wildman–Crippen MR) is 95.4 cm³/mol. The Hall–Kier alpha value is -2.53. The number of fused-ring (bicyclic) bond motifs is 1. The molecule has 3 rings (SSSR count). The van der Waals surface area contributed by atoms with Crippen molar-refractivity contribution in [1.29, 1.82) is 0 Å². The second kappa shape index (κ2) is 7.15. The van der Waals surface area contributed by atoms with E-state index in [1.807, 2.05) is 0 Å². The van der Waals surface area contributed by atoms with Crippen LogP contribution in [0.4, 0.5) is 5.69 Å². The summed E-state index contributed by atoms with van der Waals surface area (Å²) in [6.07, 6.45) is 0.0620. The second-order valence-corrected chi connectivity index (χ2v) is 6.23. The van der Waals surface area contributed by atoms with Gasteiger partial charge in [0.2, 0.25) is 0 Å². The normalized spacial score (nSPS) is 14.0. The summed E-state index contributed by atoms with van der Waals surface area (Å²) in [5.41, 5.74) is 2.25. The quantitative estimate of drug-likeness (QED) is 0.784. The molecule has 5 nitrogen and oxygen atoms in total. The largest absolute Gasteiger partial charge is 0.481 e. The van der Waals surface area contributed by atoms with E-state index in [0.29, 0.717) is 29.3 Å². The van der Waals surface area contributed by atoms with Crippen LogP contribution in [0.3, 0.4) is 0 Å². The Kier molecular flexibility index (Phi) is 4.95. The minimum atomic E-state index is -0.632. The van der Waals surface area contributed by atoms with Crippen molar-refractivity contribution in [1.82, 2.24) is 0 Å². The molecule has 0 bridgehead atoms. The van der Waals surface area contributed by atoms with Gasteiger partial charge >= 0.3 is 5.97 Å². The fourth-order valence-corrected chi connectivity index (χ4v) is 2.99. The Labute approximate surface area is 151 Å². The molecule has 130 valence electrons. The Morgan fingerprint density at radius 3 is 2.56 bits per heavy atom. The lowest BCUT2D eigenvalue weighted by Gasteiger charge is -2.22. The highest BCUT2D eigenvalue weighted by Crippen LogP contribution is 2.30. The molecular weight excluding hydrogens is 342 g/mol. The van der Waals surface area contributed by atoms with E-state index >= 15 is 0 Å². The van der Waals surface area contributed by atoms with Crippen LogP contribution in [-0.4, -0.2) is 31.6 Å². The molecule has 0 saturated heterocycles. The first-order valence-electron chi connectivity index (χ1n) is 7.94. The molecule has 1 atom stereocenters. The van der Waals surface area contributed by atoms with Gasteiger partial charge < -0.3 is 14.4 Å². The molecule has 0 aromatic heterocycles. The van der Waals surface area contributed by atoms with E-state index in [4.69, 9.17) is 21.1 Å². The average molecular weight is 360 g/mol. The van der Waals surface area contributed by atoms with E-state index in [1.54, 1.807) is 54.3 Å². The number of nitrogens with zero attached hydrogens (tertiary/aromatic N) is 1. The molecule has 2 aromatic rings. The summed E-state index contributed by atoms with van der Waals surface area (Å²) in [6.45, 7) is 2.28. The van der Waals surface area contributed by atoms with Crippen LogP contribution in [-0.2, 0) is 16.0 Å². The number of ether oxygens (including phenoxy) is 2. The number of anilines is 1. The first-order chi connectivity index (χ1) is 12.0. The fourth-order valence-electron chi connectivity index (χ4n) is 2.86. The summed E-state index contributed by atoms with van der Waals surface area (Å²) in [7, 11) is 1.35. The zero-order valence-corrected chi connectivity index (χ0v) is 14.7. The summed E-state index contributed by atoms with van der Waals surface area (Å²) in [5.74, 6) is 0.0808. The Balaban J connectivity index is 1.74. The molecule has 1 heterocycles. The number of methoxy groups -OCH3 is 1. The van der Waals surface area contributed by atoms with Crippen molar-refractivity contribution in [3.8, 4) is 5.75 Å². The molecule has 1 amide bonds. The van der Waals surface area contributed by atoms with E-state index in [9.17, 15) is 9.59 Å². The summed E-state index contributed by atoms with van der Waals surface area (Å²) in [5, 5.41) is 0.612. The molecule has 0 saturated carbocycles. The third-order valence-electron chi connectivity index (χ3n) is 4.14. The number of hydrogen-bond acceptors (Lipinski definition) is 4. The molecule has 0 radical (unpaired) electrons. The SMILES string of the molecule is COC(=O)c1ccc2c(c1)CCN2C(=O)C(C)Oc1ccc(Cl)cc1. The van der Waals surface area contributed by atoms with Gasteiger partial charge in [0.05, 0.1) is 12.7 Å². The van der Waals surface area contributed by atoms with Gasteiger partial charge in [0.25, 0.3) is 5.91 Å². The highest BCUT2D eigenvalue weighted by atomic mass is 35.5. The molecule has 2 aromatic carbocycles. The number of amides is 1. The highest BCUT2D eigenvalue weighted by molar-refractivity contribution is 6.30. The van der Waals surface area contributed by atoms with Crippen molar-refractivity contribution in [3.63, 3.8) is 0 Å². The van der Waals surface area contributed by atoms with Gasteiger partial charge in [-0.05, 0) is 61.4 Å². The molecule has 0 N–H and O–H groups in total. The van der Waals surface area contributed by atoms with E-state index in [-0.39, 0.29) is 11.9 Å². The maximum atomic E-state index is 12.7. The van der Waals surface area contributed by atoms with E-state index < -0.39 is 6.10 Å². The number of halogens is 1. The van der Waals surface area contributed by atoms with Crippen molar-refractivity contribution >= 4 is 29.2 Å². The standard InChI is InChI=1S/C19H18ClNO4/c1-12(25-16-6-4-15(20)5-7-16)18(22)21-10-9-13-11-14(19(23)24-2)3-8-17(13)21/h3-8,11-12H,9-10H2,1-2H3. The predicted octanol–water partition coefficient (Wildman–Crippen LogP) is 3.48. The van der Waals surface area contributed by atoms with Crippen LogP contribution >= 0.6 is 11.6 Å². The third kappa shape index (κ3) is 3.61. The monoisotopic (exact) mass is 359 g/mol. The van der Waals surface area contributed by atoms with E-state index in [0.717, 1.165) is 11.3 Å². The van der Waals surface area contributed by atoms with Crippen LogP contribution in [0.25, 0.3) is 0 Å². The van der Waals surface area contributed by atoms with Crippen molar-refractivity contribution in [3.05, 3.63) is 58.6 Å². The van der Waals surface area contributed by atoms with Gasteiger partial charge in [-0.2, -0.15) is 0 Å². The Morgan fingerprint density at radius 2 is 1.88 bits per heavy atom. The molecular formula is C19H18ClNO4. The number of benzene rings is 2. The molecule has 1 unspecified atom stereocenters. The van der Waals surface area contributed by atoms with E-state index in [1.165, 1.54) is 7.11 Å². The van der Waals surface area contributed by atoms with Gasteiger partial charge in [-0.25, -0.2) is 4.79 Å². The number of carbonyl (C=O) groups excluding carboxylic acids is 2. The van der Waals surface area contributed by atoms with E-state index in [2.05, 4.69) is 0 Å². The second-order valence-electron chi connectivity index (χ2n) is 5.79. The lowest BCUT2D eigenvalue weighted by molar-refractivity contribution is -0.124. The molecule has 25 heavy (non-hydrogen) atoms. The molecule has 0 fully saturated rings. The summed E-state index contributed by atoms with van der Waals surface area (Å²) in [6, 6.07) is 12.1. The number of rotatable bonds is 4. The third-order valence-corrected chi connectivity index (χ3v) is 4.39. The molecule has 6 heteroatoms. The average Bonchev–Trinajstić information content (AvgIpc) is 3.05. The molecule has 0 spiro atoms. The maximum absolute atomic E-state index is 12.7. The zero-order chi connectivity index (χ0) is 18.0. The summed E-state index contributed by atoms with van der Waals surface area (Å²) < 4.78 is 10.4. The number of carbonyl (C=O) groups is 2. The van der Waals surface area contributed by atoms with Crippen molar-refractivity contribution in [2.45, 2.75) is 19.4 Å². The van der Waals surface area contributed by atoms with Gasteiger partial charge in [-0.15, -0.1) is 0 Å². The van der Waals surface area contributed by atoms with Gasteiger partial charge in [0.15, 0.2) is 6.10 Å². The van der Waals surface area contributed by atoms with Crippen LogP contribution < -0.4 is 9.64 Å². The first-order valence-corrected chi connectivity index (χ1v) is 8.32. The first kappa shape index (κ1) is 17.3. The Morgan fingerprint density at radius 1 is 1.16 bits per heavy atom. The van der Waals surface area contributed by atoms with Crippen LogP contribution in [0.15, 0.2) is 42.5 Å². The van der Waals surface area contributed by atoms with Crippen LogP contribution in [0, 0.1) is 0 Å². The zero-order valence-electron chi connectivity index (χ0n) is 14.0. The van der Waals surface area contributed by atoms with Crippen molar-refractivity contribution in [2.24, 2.45) is 0 Å². The van der Waals surface area contributed by atoms with Gasteiger partial charge in [-0.3, -0.25) is 4.79 Å². The number of esters is 1. The maximum Gasteiger partial charge on any atom is 0.337 e. The topological polar surface area (TPSA) is 55.8 Å².